The molecule has 1 fully saturated rings. The first-order valence-corrected chi connectivity index (χ1v) is 7.35. The average molecular weight is 225 g/mol. The molecule has 0 bridgehead atoms. The molecular weight excluding hydrogens is 194 g/mol. The molecule has 96 valence electrons. The van der Waals surface area contributed by atoms with Crippen molar-refractivity contribution in [2.45, 2.75) is 72.3 Å². The van der Waals surface area contributed by atoms with Crippen LogP contribution in [0.2, 0.25) is 0 Å². The van der Waals surface area contributed by atoms with Crippen LogP contribution in [0.4, 0.5) is 0 Å². The molecule has 1 aliphatic carbocycles. The number of rotatable bonds is 6. The van der Waals surface area contributed by atoms with Crippen molar-refractivity contribution in [1.29, 1.82) is 0 Å². The predicted octanol–water partition coefficient (Wildman–Crippen LogP) is 4.23. The van der Waals surface area contributed by atoms with Crippen LogP contribution < -0.4 is 5.32 Å². The van der Waals surface area contributed by atoms with E-state index in [0.29, 0.717) is 0 Å². The third-order valence-electron chi connectivity index (χ3n) is 4.04. The van der Waals surface area contributed by atoms with Gasteiger partial charge in [0.15, 0.2) is 0 Å². The molecule has 3 atom stereocenters. The van der Waals surface area contributed by atoms with E-state index in [-0.39, 0.29) is 0 Å². The van der Waals surface area contributed by atoms with Gasteiger partial charge in [-0.2, -0.15) is 0 Å². The van der Waals surface area contributed by atoms with Crippen LogP contribution in [0.5, 0.6) is 0 Å². The molecule has 3 unspecified atom stereocenters. The van der Waals surface area contributed by atoms with E-state index in [4.69, 9.17) is 0 Å². The Balaban J connectivity index is 2.22. The van der Waals surface area contributed by atoms with Crippen LogP contribution in [0.25, 0.3) is 0 Å². The summed E-state index contributed by atoms with van der Waals surface area (Å²) in [6, 6.07) is 0.812. The van der Waals surface area contributed by atoms with Crippen molar-refractivity contribution in [3.05, 3.63) is 0 Å². The highest BCUT2D eigenvalue weighted by molar-refractivity contribution is 4.79. The van der Waals surface area contributed by atoms with E-state index in [2.05, 4.69) is 33.0 Å². The minimum atomic E-state index is 0.812. The van der Waals surface area contributed by atoms with Gasteiger partial charge in [0.1, 0.15) is 0 Å². The summed E-state index contributed by atoms with van der Waals surface area (Å²) in [6.07, 6.45) is 8.48. The SMILES string of the molecule is CCC(C)CNC1CCCC(CC(C)C)C1. The van der Waals surface area contributed by atoms with Gasteiger partial charge in [0.2, 0.25) is 0 Å². The fourth-order valence-electron chi connectivity index (χ4n) is 2.87. The molecule has 0 heterocycles. The van der Waals surface area contributed by atoms with Crippen molar-refractivity contribution in [1.82, 2.24) is 5.32 Å². The molecule has 1 heteroatoms. The monoisotopic (exact) mass is 225 g/mol. The third-order valence-corrected chi connectivity index (χ3v) is 4.04. The molecule has 0 aromatic carbocycles. The smallest absolute Gasteiger partial charge is 0.00698 e. The second-order valence-corrected chi connectivity index (χ2v) is 6.28. The maximum Gasteiger partial charge on any atom is 0.00698 e. The zero-order valence-corrected chi connectivity index (χ0v) is 11.8. The van der Waals surface area contributed by atoms with Gasteiger partial charge in [-0.25, -0.2) is 0 Å². The average Bonchev–Trinajstić information content (AvgIpc) is 2.25. The maximum absolute atomic E-state index is 3.78. The summed E-state index contributed by atoms with van der Waals surface area (Å²) in [5.74, 6) is 2.70. The minimum Gasteiger partial charge on any atom is -0.314 e. The lowest BCUT2D eigenvalue weighted by Gasteiger charge is -2.31. The van der Waals surface area contributed by atoms with Crippen LogP contribution >= 0.6 is 0 Å². The highest BCUT2D eigenvalue weighted by Gasteiger charge is 2.22. The van der Waals surface area contributed by atoms with Crippen molar-refractivity contribution >= 4 is 0 Å². The molecule has 0 saturated heterocycles. The van der Waals surface area contributed by atoms with Gasteiger partial charge >= 0.3 is 0 Å². The Bertz CT molecular complexity index is 176. The highest BCUT2D eigenvalue weighted by Crippen LogP contribution is 2.29. The van der Waals surface area contributed by atoms with Crippen molar-refractivity contribution in [2.75, 3.05) is 6.54 Å². The Morgan fingerprint density at radius 1 is 1.19 bits per heavy atom. The van der Waals surface area contributed by atoms with Gasteiger partial charge in [-0.1, -0.05) is 47.0 Å². The van der Waals surface area contributed by atoms with Gasteiger partial charge in [-0.3, -0.25) is 0 Å². The molecule has 0 spiro atoms. The first kappa shape index (κ1) is 14.0. The Labute approximate surface area is 102 Å². The Kier molecular flexibility index (Phi) is 6.41. The second kappa shape index (κ2) is 7.32. The predicted molar refractivity (Wildman–Crippen MR) is 72.7 cm³/mol. The summed E-state index contributed by atoms with van der Waals surface area (Å²) < 4.78 is 0. The van der Waals surface area contributed by atoms with Crippen LogP contribution in [0.3, 0.4) is 0 Å². The summed E-state index contributed by atoms with van der Waals surface area (Å²) >= 11 is 0. The molecule has 1 N–H and O–H groups in total. The summed E-state index contributed by atoms with van der Waals surface area (Å²) in [4.78, 5) is 0. The first-order chi connectivity index (χ1) is 7.61. The lowest BCUT2D eigenvalue weighted by molar-refractivity contribution is 0.247. The Morgan fingerprint density at radius 3 is 2.56 bits per heavy atom. The third kappa shape index (κ3) is 5.34. The lowest BCUT2D eigenvalue weighted by atomic mass is 9.81. The van der Waals surface area contributed by atoms with Crippen LogP contribution in [0.1, 0.15) is 66.2 Å². The zero-order valence-electron chi connectivity index (χ0n) is 11.8. The molecule has 0 amide bonds. The van der Waals surface area contributed by atoms with Crippen LogP contribution in [-0.4, -0.2) is 12.6 Å². The Morgan fingerprint density at radius 2 is 1.94 bits per heavy atom. The van der Waals surface area contributed by atoms with E-state index in [1.807, 2.05) is 0 Å². The molecular formula is C15H31N. The molecule has 1 aliphatic rings. The quantitative estimate of drug-likeness (QED) is 0.713. The molecule has 0 radical (unpaired) electrons. The fourth-order valence-corrected chi connectivity index (χ4v) is 2.87. The summed E-state index contributed by atoms with van der Waals surface area (Å²) in [5, 5.41) is 3.78. The van der Waals surface area contributed by atoms with Crippen molar-refractivity contribution in [3.8, 4) is 0 Å². The molecule has 1 nitrogen and oxygen atoms in total. The van der Waals surface area contributed by atoms with Crippen molar-refractivity contribution < 1.29 is 0 Å². The van der Waals surface area contributed by atoms with E-state index in [1.54, 1.807) is 0 Å². The van der Waals surface area contributed by atoms with Crippen molar-refractivity contribution in [2.24, 2.45) is 17.8 Å². The van der Waals surface area contributed by atoms with E-state index >= 15 is 0 Å². The number of nitrogens with one attached hydrogen (secondary N) is 1. The molecule has 0 aromatic heterocycles. The van der Waals surface area contributed by atoms with Crippen molar-refractivity contribution in [3.63, 3.8) is 0 Å². The summed E-state index contributed by atoms with van der Waals surface area (Å²) in [6.45, 7) is 10.6. The van der Waals surface area contributed by atoms with E-state index < -0.39 is 0 Å². The largest absolute Gasteiger partial charge is 0.314 e. The lowest BCUT2D eigenvalue weighted by Crippen LogP contribution is -2.36. The normalized spacial score (nSPS) is 28.3. The second-order valence-electron chi connectivity index (χ2n) is 6.28. The standard InChI is InChI=1S/C15H31N/c1-5-13(4)11-16-15-8-6-7-14(10-15)9-12(2)3/h12-16H,5-11H2,1-4H3. The highest BCUT2D eigenvalue weighted by atomic mass is 14.9. The fraction of sp³-hybridized carbons (Fsp3) is 1.00. The van der Waals surface area contributed by atoms with Crippen LogP contribution in [0, 0.1) is 17.8 Å². The maximum atomic E-state index is 3.78. The van der Waals surface area contributed by atoms with Crippen LogP contribution in [0.15, 0.2) is 0 Å². The summed E-state index contributed by atoms with van der Waals surface area (Å²) in [7, 11) is 0. The van der Waals surface area contributed by atoms with Gasteiger partial charge in [0, 0.05) is 6.04 Å². The molecule has 1 rings (SSSR count). The van der Waals surface area contributed by atoms with Crippen LogP contribution in [-0.2, 0) is 0 Å². The summed E-state index contributed by atoms with van der Waals surface area (Å²) in [5.41, 5.74) is 0. The number of hydrogen-bond donors (Lipinski definition) is 1. The van der Waals surface area contributed by atoms with Gasteiger partial charge < -0.3 is 5.32 Å². The minimum absolute atomic E-state index is 0.812. The van der Waals surface area contributed by atoms with E-state index in [1.165, 1.54) is 45.1 Å². The van der Waals surface area contributed by atoms with Gasteiger partial charge in [0.25, 0.3) is 0 Å². The van der Waals surface area contributed by atoms with E-state index in [9.17, 15) is 0 Å². The molecule has 16 heavy (non-hydrogen) atoms. The molecule has 0 aliphatic heterocycles. The first-order valence-electron chi connectivity index (χ1n) is 7.35. The molecule has 0 aromatic rings. The van der Waals surface area contributed by atoms with Gasteiger partial charge in [-0.05, 0) is 43.6 Å². The topological polar surface area (TPSA) is 12.0 Å². The molecule has 1 saturated carbocycles. The van der Waals surface area contributed by atoms with Gasteiger partial charge in [-0.15, -0.1) is 0 Å². The van der Waals surface area contributed by atoms with Gasteiger partial charge in [0.05, 0.1) is 0 Å². The number of hydrogen-bond acceptors (Lipinski definition) is 1. The zero-order chi connectivity index (χ0) is 12.0. The Hall–Kier alpha value is -0.0400. The van der Waals surface area contributed by atoms with E-state index in [0.717, 1.165) is 23.8 Å².